The minimum absolute atomic E-state index is 0.0866. The molecule has 0 aromatic heterocycles. The Balaban J connectivity index is 2.13. The smallest absolute Gasteiger partial charge is 0.339 e. The Kier molecular flexibility index (Phi) is 9.55. The van der Waals surface area contributed by atoms with Crippen molar-refractivity contribution in [1.29, 1.82) is 0 Å². The van der Waals surface area contributed by atoms with Gasteiger partial charge in [-0.15, -0.1) is 0 Å². The number of benzene rings is 2. The van der Waals surface area contributed by atoms with E-state index in [1.165, 1.54) is 19.3 Å². The highest BCUT2D eigenvalue weighted by molar-refractivity contribution is 6.31. The lowest BCUT2D eigenvalue weighted by atomic mass is 9.92. The van der Waals surface area contributed by atoms with E-state index in [0.29, 0.717) is 16.2 Å². The van der Waals surface area contributed by atoms with Crippen LogP contribution in [0, 0.1) is 11.8 Å². The molecule has 2 aromatic rings. The molecule has 1 N–H and O–H groups in total. The lowest BCUT2D eigenvalue weighted by Gasteiger charge is -2.22. The third kappa shape index (κ3) is 7.36. The summed E-state index contributed by atoms with van der Waals surface area (Å²) in [4.78, 5) is 39.4. The van der Waals surface area contributed by atoms with E-state index in [-0.39, 0.29) is 29.2 Å². The highest BCUT2D eigenvalue weighted by Gasteiger charge is 2.27. The first-order valence-corrected chi connectivity index (χ1v) is 12.8. The number of nitrogens with one attached hydrogen (secondary N) is 1. The van der Waals surface area contributed by atoms with Gasteiger partial charge in [-0.3, -0.25) is 4.79 Å². The molecule has 0 aliphatic heterocycles. The molecule has 1 aliphatic rings. The minimum Gasteiger partial charge on any atom is -0.465 e. The third-order valence-electron chi connectivity index (χ3n) is 5.76. The summed E-state index contributed by atoms with van der Waals surface area (Å²) in [6, 6.07) is 14.2. The lowest BCUT2D eigenvalue weighted by Crippen LogP contribution is -2.30. The van der Waals surface area contributed by atoms with Gasteiger partial charge in [-0.1, -0.05) is 67.1 Å². The van der Waals surface area contributed by atoms with Crippen molar-refractivity contribution in [1.82, 2.24) is 5.32 Å². The summed E-state index contributed by atoms with van der Waals surface area (Å²) in [5.41, 5.74) is 1.47. The van der Waals surface area contributed by atoms with E-state index in [9.17, 15) is 14.4 Å². The van der Waals surface area contributed by atoms with Crippen molar-refractivity contribution in [3.8, 4) is 11.8 Å². The number of hydrogen-bond acceptors (Lipinski definition) is 5. The molecule has 198 valence electrons. The van der Waals surface area contributed by atoms with Crippen LogP contribution in [0.15, 0.2) is 65.8 Å². The van der Waals surface area contributed by atoms with Crippen molar-refractivity contribution in [2.24, 2.45) is 0 Å². The second-order valence-electron chi connectivity index (χ2n) is 9.84. The standard InChI is InChI=1S/C31H32ClNO5/c1-6-11-27(20-12-8-7-9-13-20)33-28(34)21-14-10-15-23(26(18-21)30(36)38-31(2,3)4)25-19-22(32)16-17-24(25)29(35)37-5/h7-9,12-13,16-19,27H,6,11,15H2,1-5H3,(H,33,34)/t27-/m1/s1. The third-order valence-corrected chi connectivity index (χ3v) is 6.00. The van der Waals surface area contributed by atoms with Gasteiger partial charge >= 0.3 is 11.9 Å². The van der Waals surface area contributed by atoms with Crippen LogP contribution >= 0.6 is 11.6 Å². The first kappa shape index (κ1) is 28.7. The van der Waals surface area contributed by atoms with Gasteiger partial charge in [-0.2, -0.15) is 0 Å². The van der Waals surface area contributed by atoms with Crippen LogP contribution in [-0.4, -0.2) is 30.6 Å². The summed E-state index contributed by atoms with van der Waals surface area (Å²) in [5, 5.41) is 3.43. The number of halogens is 1. The average Bonchev–Trinajstić information content (AvgIpc) is 3.11. The Morgan fingerprint density at radius 2 is 1.79 bits per heavy atom. The molecule has 6 nitrogen and oxygen atoms in total. The van der Waals surface area contributed by atoms with Gasteiger partial charge in [0.25, 0.3) is 5.91 Å². The summed E-state index contributed by atoms with van der Waals surface area (Å²) in [6.45, 7) is 7.31. The summed E-state index contributed by atoms with van der Waals surface area (Å²) in [6.07, 6.45) is 3.13. The number of amides is 1. The molecular formula is C31H32ClNO5. The van der Waals surface area contributed by atoms with Gasteiger partial charge in [0.2, 0.25) is 0 Å². The number of esters is 2. The molecule has 2 aromatic carbocycles. The van der Waals surface area contributed by atoms with Gasteiger partial charge in [-0.25, -0.2) is 9.59 Å². The number of methoxy groups -OCH3 is 1. The molecule has 1 aliphatic carbocycles. The first-order valence-electron chi connectivity index (χ1n) is 12.4. The second-order valence-corrected chi connectivity index (χ2v) is 10.3. The predicted molar refractivity (Wildman–Crippen MR) is 148 cm³/mol. The van der Waals surface area contributed by atoms with Crippen molar-refractivity contribution >= 4 is 35.0 Å². The molecule has 0 saturated carbocycles. The van der Waals surface area contributed by atoms with E-state index in [1.807, 2.05) is 37.3 Å². The molecule has 1 amide bonds. The Labute approximate surface area is 229 Å². The lowest BCUT2D eigenvalue weighted by molar-refractivity contribution is -0.149. The zero-order valence-corrected chi connectivity index (χ0v) is 23.1. The van der Waals surface area contributed by atoms with Crippen molar-refractivity contribution in [2.75, 3.05) is 7.11 Å². The molecule has 0 bridgehead atoms. The van der Waals surface area contributed by atoms with E-state index < -0.39 is 23.4 Å². The highest BCUT2D eigenvalue weighted by atomic mass is 35.5. The van der Waals surface area contributed by atoms with Gasteiger partial charge in [0, 0.05) is 11.4 Å². The minimum atomic E-state index is -0.794. The SMILES string of the molecule is CCC[C@@H](NC(=O)C1=CC(C(=O)OC(C)(C)C)=C(c2cc(Cl)ccc2C(=O)OC)CC#C1)c1ccccc1. The number of hydrogen-bond donors (Lipinski definition) is 1. The van der Waals surface area contributed by atoms with Gasteiger partial charge in [0.05, 0.1) is 29.9 Å². The van der Waals surface area contributed by atoms with E-state index in [2.05, 4.69) is 17.2 Å². The Morgan fingerprint density at radius 3 is 2.42 bits per heavy atom. The van der Waals surface area contributed by atoms with Crippen molar-refractivity contribution in [3.63, 3.8) is 0 Å². The maximum Gasteiger partial charge on any atom is 0.339 e. The van der Waals surface area contributed by atoms with Crippen LogP contribution in [0.4, 0.5) is 0 Å². The van der Waals surface area contributed by atoms with Crippen LogP contribution in [0.2, 0.25) is 5.02 Å². The molecule has 0 unspecified atom stereocenters. The van der Waals surface area contributed by atoms with Gasteiger partial charge in [0.1, 0.15) is 5.60 Å². The van der Waals surface area contributed by atoms with Crippen LogP contribution in [-0.2, 0) is 19.1 Å². The summed E-state index contributed by atoms with van der Waals surface area (Å²) in [5.74, 6) is 4.26. The molecule has 0 saturated heterocycles. The quantitative estimate of drug-likeness (QED) is 0.322. The molecule has 0 spiro atoms. The monoisotopic (exact) mass is 533 g/mol. The number of carbonyl (C=O) groups is 3. The van der Waals surface area contributed by atoms with E-state index in [4.69, 9.17) is 21.1 Å². The molecule has 3 rings (SSSR count). The first-order chi connectivity index (χ1) is 18.0. The Hall–Kier alpha value is -3.82. The van der Waals surface area contributed by atoms with Gasteiger partial charge < -0.3 is 14.8 Å². The van der Waals surface area contributed by atoms with Crippen LogP contribution in [0.3, 0.4) is 0 Å². The fourth-order valence-electron chi connectivity index (χ4n) is 4.05. The summed E-state index contributed by atoms with van der Waals surface area (Å²) in [7, 11) is 1.28. The topological polar surface area (TPSA) is 81.7 Å². The molecule has 1 atom stereocenters. The van der Waals surface area contributed by atoms with Crippen molar-refractivity contribution < 1.29 is 23.9 Å². The van der Waals surface area contributed by atoms with E-state index in [1.54, 1.807) is 32.9 Å². The molecular weight excluding hydrogens is 502 g/mol. The second kappa shape index (κ2) is 12.6. The van der Waals surface area contributed by atoms with Gasteiger partial charge in [0.15, 0.2) is 0 Å². The van der Waals surface area contributed by atoms with Gasteiger partial charge in [-0.05, 0) is 68.2 Å². The fraction of sp³-hybridized carbons (Fsp3) is 0.323. The number of allylic oxidation sites excluding steroid dienone is 1. The maximum absolute atomic E-state index is 13.4. The zero-order valence-electron chi connectivity index (χ0n) is 22.3. The largest absolute Gasteiger partial charge is 0.465 e. The Bertz CT molecular complexity index is 1340. The van der Waals surface area contributed by atoms with Crippen molar-refractivity contribution in [2.45, 2.75) is 58.6 Å². The maximum atomic E-state index is 13.4. The molecule has 0 fully saturated rings. The fourth-order valence-corrected chi connectivity index (χ4v) is 4.23. The van der Waals surface area contributed by atoms with Crippen LogP contribution in [0.25, 0.3) is 5.57 Å². The molecule has 0 radical (unpaired) electrons. The van der Waals surface area contributed by atoms with Crippen LogP contribution < -0.4 is 5.32 Å². The zero-order chi connectivity index (χ0) is 27.9. The molecule has 0 heterocycles. The normalized spacial score (nSPS) is 13.9. The van der Waals surface area contributed by atoms with E-state index >= 15 is 0 Å². The Morgan fingerprint density at radius 1 is 1.08 bits per heavy atom. The highest BCUT2D eigenvalue weighted by Crippen LogP contribution is 2.32. The number of rotatable bonds is 8. The molecule has 7 heteroatoms. The number of ether oxygens (including phenoxy) is 2. The van der Waals surface area contributed by atoms with Crippen molar-refractivity contribution in [3.05, 3.63) is 87.5 Å². The average molecular weight is 534 g/mol. The summed E-state index contributed by atoms with van der Waals surface area (Å²) >= 11 is 6.28. The van der Waals surface area contributed by atoms with Crippen LogP contribution in [0.5, 0.6) is 0 Å². The summed E-state index contributed by atoms with van der Waals surface area (Å²) < 4.78 is 10.6. The number of carbonyl (C=O) groups excluding carboxylic acids is 3. The van der Waals surface area contributed by atoms with Crippen LogP contribution in [0.1, 0.15) is 74.5 Å². The predicted octanol–water partition coefficient (Wildman–Crippen LogP) is 6.21. The molecule has 38 heavy (non-hydrogen) atoms. The van der Waals surface area contributed by atoms with E-state index in [0.717, 1.165) is 18.4 Å².